The molecular weight excluding hydrogens is 909 g/mol. The van der Waals surface area contributed by atoms with Gasteiger partial charge in [-0.05, 0) is 32.2 Å². The zero-order valence-corrected chi connectivity index (χ0v) is 44.6. The first-order chi connectivity index (χ1) is 33.2. The van der Waals surface area contributed by atoms with Gasteiger partial charge in [-0.15, -0.1) is 6.61 Å². The first-order valence-electron chi connectivity index (χ1n) is 26.9. The molecule has 0 spiro atoms. The molecule has 0 rings (SSSR count). The van der Waals surface area contributed by atoms with Crippen molar-refractivity contribution in [3.8, 4) is 0 Å². The van der Waals surface area contributed by atoms with Crippen molar-refractivity contribution < 1.29 is 73.3 Å². The number of unbranched alkanes of at least 4 members (excludes halogenated alkanes) is 22. The first-order valence-corrected chi connectivity index (χ1v) is 28.8. The Labute approximate surface area is 418 Å². The van der Waals surface area contributed by atoms with Gasteiger partial charge < -0.3 is 79.1 Å². The minimum atomic E-state index is -4.30. The third kappa shape index (κ3) is 32.4. The summed E-state index contributed by atoms with van der Waals surface area (Å²) >= 11 is 0. The molecular formula is C50H103N4O14Si-. The Morgan fingerprint density at radius 1 is 0.493 bits per heavy atom. The molecule has 412 valence electrons. The van der Waals surface area contributed by atoms with Gasteiger partial charge in [0, 0.05) is 19.0 Å². The Hall–Kier alpha value is -1.40. The van der Waals surface area contributed by atoms with Crippen molar-refractivity contribution >= 4 is 20.7 Å². The van der Waals surface area contributed by atoms with E-state index in [1.54, 1.807) is 0 Å². The number of quaternary nitrogens is 1. The van der Waals surface area contributed by atoms with Crippen LogP contribution in [0.5, 0.6) is 0 Å². The number of nitrogens with zero attached hydrogens (tertiary/aromatic N) is 1. The van der Waals surface area contributed by atoms with Crippen LogP contribution in [0.3, 0.4) is 0 Å². The minimum absolute atomic E-state index is 0.0744. The summed E-state index contributed by atoms with van der Waals surface area (Å²) in [5.41, 5.74) is -4.99. The molecule has 0 bridgehead atoms. The van der Waals surface area contributed by atoms with Gasteiger partial charge in [0.05, 0.1) is 115 Å². The summed E-state index contributed by atoms with van der Waals surface area (Å²) < 4.78 is 20.3. The van der Waals surface area contributed by atoms with Crippen LogP contribution in [-0.2, 0) is 22.9 Å². The summed E-state index contributed by atoms with van der Waals surface area (Å²) in [7, 11) is -2.05. The Kier molecular flexibility index (Phi) is 41.2. The molecule has 0 aromatic carbocycles. The number of hydrogen-bond acceptors (Lipinski definition) is 16. The molecule has 2 unspecified atom stereocenters. The number of carboxylic acid groups (broad SMARTS) is 2. The number of aliphatic carboxylic acids is 2. The molecule has 0 amide bonds. The maximum absolute atomic E-state index is 11.6. The molecule has 0 aromatic heterocycles. The fraction of sp³-hybridized carbons (Fsp3) is 0.960. The zero-order chi connectivity index (χ0) is 51.6. The third-order valence-electron chi connectivity index (χ3n) is 13.6. The standard InChI is InChI=1S/C50H104N4O14Si/c1-4-6-8-10-12-14-15-16-17-18-19-20-21-23-25-27-31-54(3,30-26-24-22-13-11-9-7-5-2)32-28-34-69(66-43-48(37-56,38-57)51-29-33-55,67-44-49(39-58,40-59)52-35-46(62)63)68-45-50(41-60,42-61)53-36-47(64)65/h51-53,56-61H,4-45H2,1-3H3,(H,62,63)(H,64,65)/p-1. The molecule has 0 fully saturated rings. The number of aliphatic hydroxyl groups is 6. The van der Waals surface area contributed by atoms with E-state index in [0.29, 0.717) is 13.0 Å². The second-order valence-corrected chi connectivity index (χ2v) is 22.8. The highest BCUT2D eigenvalue weighted by molar-refractivity contribution is 6.60. The number of hydrogen-bond donors (Lipinski definition) is 10. The predicted octanol–water partition coefficient (Wildman–Crippen LogP) is 2.35. The maximum Gasteiger partial charge on any atom is 0.501 e. The normalized spacial score (nSPS) is 14.3. The number of nitrogens with one attached hydrogen (secondary N) is 3. The molecule has 0 saturated carbocycles. The van der Waals surface area contributed by atoms with Gasteiger partial charge >= 0.3 is 14.8 Å². The molecule has 69 heavy (non-hydrogen) atoms. The Bertz CT molecular complexity index is 1180. The van der Waals surface area contributed by atoms with Gasteiger partial charge in [0.15, 0.2) is 0 Å². The van der Waals surface area contributed by atoms with E-state index < -0.39 is 117 Å². The van der Waals surface area contributed by atoms with Gasteiger partial charge in [-0.1, -0.05) is 142 Å². The van der Waals surface area contributed by atoms with Crippen LogP contribution >= 0.6 is 0 Å². The Balaban J connectivity index is 6.43. The van der Waals surface area contributed by atoms with Crippen LogP contribution in [0.1, 0.15) is 174 Å². The molecule has 10 N–H and O–H groups in total. The summed E-state index contributed by atoms with van der Waals surface area (Å²) in [5, 5.41) is 103. The van der Waals surface area contributed by atoms with Crippen molar-refractivity contribution in [3.05, 3.63) is 0 Å². The lowest BCUT2D eigenvalue weighted by Gasteiger charge is -2.41. The molecule has 18 nitrogen and oxygen atoms in total. The van der Waals surface area contributed by atoms with Crippen LogP contribution in [0.4, 0.5) is 0 Å². The van der Waals surface area contributed by atoms with Crippen LogP contribution in [0.15, 0.2) is 0 Å². The molecule has 19 heteroatoms. The Morgan fingerprint density at radius 2 is 0.797 bits per heavy atom. The second-order valence-electron chi connectivity index (χ2n) is 20.1. The lowest BCUT2D eigenvalue weighted by atomic mass is 10.0. The SMILES string of the molecule is CCCCCCCCCCCCCCCCCC[N+](C)(CCCCCCCCCC)CCC[Si](OCC(CO)(CO)NCC[O-])(OCC(CO)(CO)NCC(=O)[O-])OCC(CO)(CO)NCC(=O)O. The lowest BCUT2D eigenvalue weighted by Crippen LogP contribution is -2.64. The summed E-state index contributed by atoms with van der Waals surface area (Å²) in [6.07, 6.45) is 30.5. The van der Waals surface area contributed by atoms with Crippen molar-refractivity contribution in [2.45, 2.75) is 197 Å². The van der Waals surface area contributed by atoms with E-state index in [-0.39, 0.29) is 12.6 Å². The topological polar surface area (TPSA) is 286 Å². The third-order valence-corrected chi connectivity index (χ3v) is 16.3. The van der Waals surface area contributed by atoms with Crippen molar-refractivity contribution in [1.29, 1.82) is 0 Å². The summed E-state index contributed by atoms with van der Waals surface area (Å²) in [4.78, 5) is 23.0. The average molecular weight is 1010 g/mol. The van der Waals surface area contributed by atoms with E-state index in [2.05, 4.69) is 36.8 Å². The molecule has 0 heterocycles. The number of aliphatic hydroxyl groups excluding tert-OH is 6. The van der Waals surface area contributed by atoms with Crippen LogP contribution in [-0.4, -0.2) is 190 Å². The van der Waals surface area contributed by atoms with E-state index in [9.17, 15) is 55.5 Å². The smallest absolute Gasteiger partial charge is 0.501 e. The Morgan fingerprint density at radius 3 is 1.10 bits per heavy atom. The maximum atomic E-state index is 11.6. The number of carbonyl (C=O) groups excluding carboxylic acids is 1. The van der Waals surface area contributed by atoms with Gasteiger partial charge in [-0.25, -0.2) is 0 Å². The molecule has 0 aromatic rings. The van der Waals surface area contributed by atoms with Crippen LogP contribution in [0, 0.1) is 0 Å². The van der Waals surface area contributed by atoms with E-state index >= 15 is 0 Å². The molecule has 0 radical (unpaired) electrons. The highest BCUT2D eigenvalue weighted by atomic mass is 28.4. The zero-order valence-electron chi connectivity index (χ0n) is 43.6. The van der Waals surface area contributed by atoms with Gasteiger partial charge in [0.2, 0.25) is 0 Å². The minimum Gasteiger partial charge on any atom is -0.854 e. The van der Waals surface area contributed by atoms with E-state index in [0.717, 1.165) is 43.3 Å². The molecule has 2 atom stereocenters. The number of carboxylic acids is 2. The number of carbonyl (C=O) groups is 2. The predicted molar refractivity (Wildman–Crippen MR) is 268 cm³/mol. The monoisotopic (exact) mass is 1010 g/mol. The van der Waals surface area contributed by atoms with Crippen molar-refractivity contribution in [1.82, 2.24) is 16.0 Å². The number of rotatable bonds is 54. The second kappa shape index (κ2) is 42.0. The summed E-state index contributed by atoms with van der Waals surface area (Å²) in [5.74, 6) is -2.76. The van der Waals surface area contributed by atoms with Crippen molar-refractivity contribution in [2.24, 2.45) is 0 Å². The molecule has 0 aliphatic rings. The van der Waals surface area contributed by atoms with Crippen LogP contribution < -0.4 is 26.2 Å². The molecule has 0 saturated heterocycles. The van der Waals surface area contributed by atoms with Gasteiger partial charge in [0.25, 0.3) is 0 Å². The van der Waals surface area contributed by atoms with Crippen molar-refractivity contribution in [3.63, 3.8) is 0 Å². The van der Waals surface area contributed by atoms with Crippen LogP contribution in [0.25, 0.3) is 0 Å². The van der Waals surface area contributed by atoms with Gasteiger partial charge in [-0.3, -0.25) is 10.1 Å². The fourth-order valence-electron chi connectivity index (χ4n) is 8.52. The molecule has 0 aliphatic carbocycles. The van der Waals surface area contributed by atoms with Crippen LogP contribution in [0.2, 0.25) is 6.04 Å². The highest BCUT2D eigenvalue weighted by Crippen LogP contribution is 2.26. The van der Waals surface area contributed by atoms with Gasteiger partial charge in [-0.2, -0.15) is 0 Å². The van der Waals surface area contributed by atoms with E-state index in [1.807, 2.05) is 0 Å². The quantitative estimate of drug-likeness (QED) is 0.0238. The first kappa shape index (κ1) is 67.6. The highest BCUT2D eigenvalue weighted by Gasteiger charge is 2.48. The summed E-state index contributed by atoms with van der Waals surface area (Å²) in [6.45, 7) is -1.06. The van der Waals surface area contributed by atoms with Gasteiger partial charge in [0.1, 0.15) is 0 Å². The van der Waals surface area contributed by atoms with E-state index in [4.69, 9.17) is 13.3 Å². The molecule has 0 aliphatic heterocycles. The average Bonchev–Trinajstić information content (AvgIpc) is 3.35. The lowest BCUT2D eigenvalue weighted by molar-refractivity contribution is -0.910. The fourth-order valence-corrected chi connectivity index (χ4v) is 11.3. The summed E-state index contributed by atoms with van der Waals surface area (Å²) in [6, 6.07) is 0.0744. The van der Waals surface area contributed by atoms with E-state index in [1.165, 1.54) is 128 Å². The van der Waals surface area contributed by atoms with Crippen molar-refractivity contribution in [2.75, 3.05) is 112 Å². The largest absolute Gasteiger partial charge is 0.854 e.